The van der Waals surface area contributed by atoms with Gasteiger partial charge in [0.05, 0.1) is 18.8 Å². The average Bonchev–Trinajstić information content (AvgIpc) is 3.10. The lowest BCUT2D eigenvalue weighted by Gasteiger charge is -2.35. The van der Waals surface area contributed by atoms with Gasteiger partial charge in [-0.2, -0.15) is 0 Å². The van der Waals surface area contributed by atoms with E-state index in [4.69, 9.17) is 18.3 Å². The number of ether oxygens (including phenoxy) is 2. The fraction of sp³-hybridized carbons (Fsp3) is 1.00. The second-order valence-electron chi connectivity index (χ2n) is 5.28. The molecule has 5 heteroatoms. The second-order valence-corrected chi connectivity index (χ2v) is 7.21. The molecule has 4 nitrogen and oxygen atoms in total. The summed E-state index contributed by atoms with van der Waals surface area (Å²) in [5.41, 5.74) is -0.173. The van der Waals surface area contributed by atoms with Crippen LogP contribution in [0.5, 0.6) is 0 Å². The van der Waals surface area contributed by atoms with E-state index in [1.807, 2.05) is 13.8 Å². The zero-order valence-corrected chi connectivity index (χ0v) is 13.6. The Morgan fingerprint density at radius 1 is 1.28 bits per heavy atom. The van der Waals surface area contributed by atoms with Crippen LogP contribution in [-0.2, 0) is 18.3 Å². The third-order valence-corrected chi connectivity index (χ3v) is 6.05. The molecule has 108 valence electrons. The summed E-state index contributed by atoms with van der Waals surface area (Å²) in [6.07, 6.45) is 0.308. The van der Waals surface area contributed by atoms with E-state index in [1.54, 1.807) is 0 Å². The molecule has 1 aliphatic rings. The minimum Gasteiger partial charge on any atom is -0.397 e. The third kappa shape index (κ3) is 5.36. The summed E-state index contributed by atoms with van der Waals surface area (Å²) < 4.78 is 22.8. The maximum atomic E-state index is 6.09. The topological polar surface area (TPSA) is 40.2 Å². The van der Waals surface area contributed by atoms with Crippen LogP contribution in [0.25, 0.3) is 0 Å². The molecule has 0 aliphatic carbocycles. The average molecular weight is 276 g/mol. The Bertz CT molecular complexity index is 227. The summed E-state index contributed by atoms with van der Waals surface area (Å²) in [5.74, 6) is 0.437. The molecule has 1 saturated heterocycles. The SMILES string of the molecule is CCO[SiH](CC(C)(OCC1CO1)C(C)C)OCC. The summed E-state index contributed by atoms with van der Waals surface area (Å²) in [6, 6.07) is 0.888. The first-order valence-electron chi connectivity index (χ1n) is 7.00. The smallest absolute Gasteiger partial charge is 0.324 e. The lowest BCUT2D eigenvalue weighted by atomic mass is 9.94. The maximum absolute atomic E-state index is 6.09. The van der Waals surface area contributed by atoms with Gasteiger partial charge in [0.25, 0.3) is 0 Å². The summed E-state index contributed by atoms with van der Waals surface area (Å²) in [5, 5.41) is 0. The van der Waals surface area contributed by atoms with Gasteiger partial charge in [0.15, 0.2) is 0 Å². The van der Waals surface area contributed by atoms with Gasteiger partial charge >= 0.3 is 9.28 Å². The van der Waals surface area contributed by atoms with Gasteiger partial charge in [0.1, 0.15) is 6.10 Å². The lowest BCUT2D eigenvalue weighted by molar-refractivity contribution is -0.0604. The predicted octanol–water partition coefficient (Wildman–Crippen LogP) is 2.11. The molecule has 0 N–H and O–H groups in total. The minimum absolute atomic E-state index is 0.173. The van der Waals surface area contributed by atoms with Gasteiger partial charge in [-0.1, -0.05) is 13.8 Å². The van der Waals surface area contributed by atoms with Gasteiger partial charge in [-0.15, -0.1) is 0 Å². The highest BCUT2D eigenvalue weighted by Gasteiger charge is 2.36. The van der Waals surface area contributed by atoms with Crippen molar-refractivity contribution in [3.8, 4) is 0 Å². The van der Waals surface area contributed by atoms with Crippen LogP contribution in [0.1, 0.15) is 34.6 Å². The zero-order valence-electron chi connectivity index (χ0n) is 12.4. The molecule has 0 amide bonds. The molecule has 18 heavy (non-hydrogen) atoms. The first-order chi connectivity index (χ1) is 8.51. The lowest BCUT2D eigenvalue weighted by Crippen LogP contribution is -2.42. The quantitative estimate of drug-likeness (QED) is 0.452. The van der Waals surface area contributed by atoms with Gasteiger partial charge in [0.2, 0.25) is 0 Å². The van der Waals surface area contributed by atoms with E-state index in [2.05, 4.69) is 20.8 Å². The van der Waals surface area contributed by atoms with Crippen LogP contribution in [0, 0.1) is 5.92 Å². The summed E-state index contributed by atoms with van der Waals surface area (Å²) in [4.78, 5) is 0. The Balaban J connectivity index is 2.50. The van der Waals surface area contributed by atoms with Crippen molar-refractivity contribution in [2.24, 2.45) is 5.92 Å². The number of hydrogen-bond donors (Lipinski definition) is 0. The first-order valence-corrected chi connectivity index (χ1v) is 8.76. The molecule has 1 fully saturated rings. The third-order valence-electron chi connectivity index (χ3n) is 3.50. The van der Waals surface area contributed by atoms with Crippen LogP contribution in [0.4, 0.5) is 0 Å². The van der Waals surface area contributed by atoms with Crippen LogP contribution in [0.3, 0.4) is 0 Å². The molecule has 1 aliphatic heterocycles. The second kappa shape index (κ2) is 7.60. The van der Waals surface area contributed by atoms with Crippen molar-refractivity contribution in [2.45, 2.75) is 52.4 Å². The fourth-order valence-electron chi connectivity index (χ4n) is 1.78. The van der Waals surface area contributed by atoms with Gasteiger partial charge in [-0.25, -0.2) is 0 Å². The number of epoxide rings is 1. The summed E-state index contributed by atoms with van der Waals surface area (Å²) in [6.45, 7) is 13.6. The molecule has 0 aromatic heterocycles. The highest BCUT2D eigenvalue weighted by Crippen LogP contribution is 2.29. The monoisotopic (exact) mass is 276 g/mol. The van der Waals surface area contributed by atoms with Gasteiger partial charge in [-0.3, -0.25) is 0 Å². The van der Waals surface area contributed by atoms with Gasteiger partial charge in [0, 0.05) is 19.3 Å². The van der Waals surface area contributed by atoms with Crippen molar-refractivity contribution >= 4 is 9.28 Å². The molecule has 0 radical (unpaired) electrons. The Labute approximate surface area is 113 Å². The van der Waals surface area contributed by atoms with E-state index in [0.29, 0.717) is 18.6 Å². The molecule has 2 unspecified atom stereocenters. The highest BCUT2D eigenvalue weighted by atomic mass is 28.3. The fourth-order valence-corrected chi connectivity index (χ4v) is 4.10. The van der Waals surface area contributed by atoms with Crippen molar-refractivity contribution in [3.05, 3.63) is 0 Å². The first kappa shape index (κ1) is 16.1. The van der Waals surface area contributed by atoms with Crippen LogP contribution in [-0.4, -0.2) is 47.4 Å². The van der Waals surface area contributed by atoms with E-state index in [1.165, 1.54) is 0 Å². The normalized spacial score (nSPS) is 22.5. The van der Waals surface area contributed by atoms with Crippen molar-refractivity contribution in [3.63, 3.8) is 0 Å². The van der Waals surface area contributed by atoms with E-state index in [9.17, 15) is 0 Å². The van der Waals surface area contributed by atoms with Crippen LogP contribution in [0.15, 0.2) is 0 Å². The Morgan fingerprint density at radius 3 is 2.22 bits per heavy atom. The van der Waals surface area contributed by atoms with Crippen molar-refractivity contribution < 1.29 is 18.3 Å². The maximum Gasteiger partial charge on any atom is 0.324 e. The van der Waals surface area contributed by atoms with E-state index in [0.717, 1.165) is 25.9 Å². The van der Waals surface area contributed by atoms with Crippen LogP contribution >= 0.6 is 0 Å². The number of rotatable bonds is 10. The molecule has 0 aromatic rings. The van der Waals surface area contributed by atoms with E-state index < -0.39 is 9.28 Å². The standard InChI is InChI=1S/C13H28O4Si/c1-6-16-18(17-7-2)10-13(5,11(3)4)15-9-12-8-14-12/h11-12,18H,6-10H2,1-5H3. The summed E-state index contributed by atoms with van der Waals surface area (Å²) in [7, 11) is -1.62. The molecule has 0 aromatic carbocycles. The minimum atomic E-state index is -1.62. The summed E-state index contributed by atoms with van der Waals surface area (Å²) >= 11 is 0. The molecular weight excluding hydrogens is 248 g/mol. The molecular formula is C13H28O4Si. The molecule has 0 spiro atoms. The van der Waals surface area contributed by atoms with Crippen molar-refractivity contribution in [2.75, 3.05) is 26.4 Å². The van der Waals surface area contributed by atoms with Crippen LogP contribution < -0.4 is 0 Å². The number of hydrogen-bond acceptors (Lipinski definition) is 4. The Kier molecular flexibility index (Phi) is 6.80. The van der Waals surface area contributed by atoms with Gasteiger partial charge < -0.3 is 18.3 Å². The van der Waals surface area contributed by atoms with E-state index in [-0.39, 0.29) is 5.60 Å². The van der Waals surface area contributed by atoms with E-state index >= 15 is 0 Å². The Morgan fingerprint density at radius 2 is 1.83 bits per heavy atom. The van der Waals surface area contributed by atoms with Gasteiger partial charge in [-0.05, 0) is 26.7 Å². The van der Waals surface area contributed by atoms with Crippen LogP contribution in [0.2, 0.25) is 6.04 Å². The van der Waals surface area contributed by atoms with Crippen molar-refractivity contribution in [1.29, 1.82) is 0 Å². The molecule has 1 heterocycles. The molecule has 0 saturated carbocycles. The molecule has 0 bridgehead atoms. The van der Waals surface area contributed by atoms with Crippen molar-refractivity contribution in [1.82, 2.24) is 0 Å². The Hall–Kier alpha value is 0.0569. The molecule has 2 atom stereocenters. The molecule has 1 rings (SSSR count). The predicted molar refractivity (Wildman–Crippen MR) is 74.1 cm³/mol. The largest absolute Gasteiger partial charge is 0.397 e. The zero-order chi connectivity index (χ0) is 13.6. The highest BCUT2D eigenvalue weighted by molar-refractivity contribution is 6.44.